The quantitative estimate of drug-likeness (QED) is 0.919. The first-order valence-electron chi connectivity index (χ1n) is 5.72. The van der Waals surface area contributed by atoms with Gasteiger partial charge in [0.2, 0.25) is 0 Å². The van der Waals surface area contributed by atoms with E-state index in [1.165, 1.54) is 29.5 Å². The van der Waals surface area contributed by atoms with E-state index in [4.69, 9.17) is 0 Å². The SMILES string of the molecule is CCNC(c1scnc1C)c1c(F)cccc1F. The normalized spacial score (nSPS) is 12.7. The molecule has 1 aromatic heterocycles. The Morgan fingerprint density at radius 2 is 2.00 bits per heavy atom. The average molecular weight is 268 g/mol. The number of thiazole rings is 1. The van der Waals surface area contributed by atoms with Crippen LogP contribution < -0.4 is 5.32 Å². The summed E-state index contributed by atoms with van der Waals surface area (Å²) in [5.74, 6) is -1.07. The Kier molecular flexibility index (Phi) is 4.04. The minimum Gasteiger partial charge on any atom is -0.306 e. The van der Waals surface area contributed by atoms with Gasteiger partial charge in [-0.25, -0.2) is 13.8 Å². The Morgan fingerprint density at radius 1 is 1.33 bits per heavy atom. The van der Waals surface area contributed by atoms with Crippen LogP contribution in [0.15, 0.2) is 23.7 Å². The number of halogens is 2. The Balaban J connectivity index is 2.52. The minimum absolute atomic E-state index is 0.0618. The molecule has 1 N–H and O–H groups in total. The first-order chi connectivity index (χ1) is 8.65. The van der Waals surface area contributed by atoms with Crippen LogP contribution in [0, 0.1) is 18.6 Å². The maximum absolute atomic E-state index is 13.9. The van der Waals surface area contributed by atoms with Gasteiger partial charge in [0.1, 0.15) is 11.6 Å². The van der Waals surface area contributed by atoms with Crippen LogP contribution in [0.2, 0.25) is 0 Å². The summed E-state index contributed by atoms with van der Waals surface area (Å²) < 4.78 is 27.7. The summed E-state index contributed by atoms with van der Waals surface area (Å²) in [5.41, 5.74) is 2.55. The molecule has 0 bridgehead atoms. The van der Waals surface area contributed by atoms with Crippen molar-refractivity contribution >= 4 is 11.3 Å². The van der Waals surface area contributed by atoms with Gasteiger partial charge in [-0.05, 0) is 25.6 Å². The first-order valence-corrected chi connectivity index (χ1v) is 6.60. The molecule has 0 spiro atoms. The molecule has 2 nitrogen and oxygen atoms in total. The largest absolute Gasteiger partial charge is 0.306 e. The fourth-order valence-corrected chi connectivity index (χ4v) is 2.79. The number of hydrogen-bond acceptors (Lipinski definition) is 3. The van der Waals surface area contributed by atoms with Gasteiger partial charge in [0.25, 0.3) is 0 Å². The second-order valence-electron chi connectivity index (χ2n) is 3.93. The van der Waals surface area contributed by atoms with Crippen molar-refractivity contribution in [2.24, 2.45) is 0 Å². The third kappa shape index (κ3) is 2.42. The molecule has 0 aliphatic heterocycles. The van der Waals surface area contributed by atoms with Gasteiger partial charge in [0.05, 0.1) is 17.2 Å². The zero-order valence-electron chi connectivity index (χ0n) is 10.2. The number of nitrogens with zero attached hydrogens (tertiary/aromatic N) is 1. The van der Waals surface area contributed by atoms with E-state index in [9.17, 15) is 8.78 Å². The van der Waals surface area contributed by atoms with Crippen molar-refractivity contribution in [2.45, 2.75) is 19.9 Å². The molecule has 2 aromatic rings. The smallest absolute Gasteiger partial charge is 0.131 e. The minimum atomic E-state index is -0.534. The van der Waals surface area contributed by atoms with Gasteiger partial charge in [-0.15, -0.1) is 11.3 Å². The zero-order chi connectivity index (χ0) is 13.1. The van der Waals surface area contributed by atoms with Crippen molar-refractivity contribution < 1.29 is 8.78 Å². The maximum atomic E-state index is 13.9. The fraction of sp³-hybridized carbons (Fsp3) is 0.308. The van der Waals surface area contributed by atoms with Gasteiger partial charge < -0.3 is 5.32 Å². The van der Waals surface area contributed by atoms with Gasteiger partial charge in [0.15, 0.2) is 0 Å². The summed E-state index contributed by atoms with van der Waals surface area (Å²) in [6, 6.07) is 3.44. The second-order valence-corrected chi connectivity index (χ2v) is 4.81. The third-order valence-electron chi connectivity index (χ3n) is 2.74. The van der Waals surface area contributed by atoms with E-state index in [1.807, 2.05) is 13.8 Å². The van der Waals surface area contributed by atoms with E-state index < -0.39 is 17.7 Å². The Morgan fingerprint density at radius 3 is 2.50 bits per heavy atom. The van der Waals surface area contributed by atoms with Gasteiger partial charge in [0, 0.05) is 10.4 Å². The number of rotatable bonds is 4. The average Bonchev–Trinajstić information content (AvgIpc) is 2.74. The number of benzene rings is 1. The van der Waals surface area contributed by atoms with E-state index in [0.717, 1.165) is 10.6 Å². The molecular weight excluding hydrogens is 254 g/mol. The zero-order valence-corrected chi connectivity index (χ0v) is 11.0. The van der Waals surface area contributed by atoms with Crippen LogP contribution in [0.1, 0.15) is 29.1 Å². The van der Waals surface area contributed by atoms with E-state index in [0.29, 0.717) is 6.54 Å². The van der Waals surface area contributed by atoms with Crippen molar-refractivity contribution in [3.8, 4) is 0 Å². The van der Waals surface area contributed by atoms with Crippen molar-refractivity contribution in [3.63, 3.8) is 0 Å². The Hall–Kier alpha value is -1.33. The summed E-state index contributed by atoms with van der Waals surface area (Å²) in [5, 5.41) is 3.11. The predicted octanol–water partition coefficient (Wildman–Crippen LogP) is 3.43. The molecule has 18 heavy (non-hydrogen) atoms. The number of hydrogen-bond donors (Lipinski definition) is 1. The highest BCUT2D eigenvalue weighted by molar-refractivity contribution is 7.09. The lowest BCUT2D eigenvalue weighted by atomic mass is 10.0. The fourth-order valence-electron chi connectivity index (χ4n) is 1.90. The summed E-state index contributed by atoms with van der Waals surface area (Å²) in [6.45, 7) is 4.37. The van der Waals surface area contributed by atoms with E-state index in [1.54, 1.807) is 5.51 Å². The standard InChI is InChI=1S/C13H14F2N2S/c1-3-16-12(13-8(2)17-7-18-13)11-9(14)5-4-6-10(11)15/h4-7,12,16H,3H2,1-2H3. The monoisotopic (exact) mass is 268 g/mol. The molecule has 0 saturated carbocycles. The number of aromatic nitrogens is 1. The van der Waals surface area contributed by atoms with Crippen LogP contribution in [0.25, 0.3) is 0 Å². The molecule has 96 valence electrons. The lowest BCUT2D eigenvalue weighted by molar-refractivity contribution is 0.512. The van der Waals surface area contributed by atoms with Gasteiger partial charge >= 0.3 is 0 Å². The lowest BCUT2D eigenvalue weighted by Gasteiger charge is -2.18. The molecule has 0 fully saturated rings. The molecule has 2 rings (SSSR count). The van der Waals surface area contributed by atoms with Crippen LogP contribution >= 0.6 is 11.3 Å². The molecule has 0 aliphatic carbocycles. The van der Waals surface area contributed by atoms with Crippen LogP contribution in [0.5, 0.6) is 0 Å². The Labute approximate surface area is 109 Å². The van der Waals surface area contributed by atoms with E-state index in [2.05, 4.69) is 10.3 Å². The second kappa shape index (κ2) is 5.54. The van der Waals surface area contributed by atoms with Crippen molar-refractivity contribution in [1.29, 1.82) is 0 Å². The molecule has 0 radical (unpaired) electrons. The molecule has 1 aromatic carbocycles. The number of nitrogens with one attached hydrogen (secondary N) is 1. The van der Waals surface area contributed by atoms with Crippen LogP contribution in [-0.4, -0.2) is 11.5 Å². The summed E-state index contributed by atoms with van der Waals surface area (Å²) in [4.78, 5) is 4.99. The van der Waals surface area contributed by atoms with Gasteiger partial charge in [-0.2, -0.15) is 0 Å². The lowest BCUT2D eigenvalue weighted by Crippen LogP contribution is -2.24. The summed E-state index contributed by atoms with van der Waals surface area (Å²) in [6.07, 6.45) is 0. The first kappa shape index (κ1) is 13.1. The van der Waals surface area contributed by atoms with Gasteiger partial charge in [-0.3, -0.25) is 0 Å². The maximum Gasteiger partial charge on any atom is 0.131 e. The van der Waals surface area contributed by atoms with Crippen LogP contribution in [0.3, 0.4) is 0 Å². The predicted molar refractivity (Wildman–Crippen MR) is 68.7 cm³/mol. The highest BCUT2D eigenvalue weighted by Gasteiger charge is 2.23. The molecular formula is C13H14F2N2S. The molecule has 1 heterocycles. The summed E-state index contributed by atoms with van der Waals surface area (Å²) >= 11 is 1.40. The molecule has 5 heteroatoms. The van der Waals surface area contributed by atoms with Crippen molar-refractivity contribution in [2.75, 3.05) is 6.54 Å². The molecule has 1 atom stereocenters. The van der Waals surface area contributed by atoms with Crippen molar-refractivity contribution in [1.82, 2.24) is 10.3 Å². The summed E-state index contributed by atoms with van der Waals surface area (Å²) in [7, 11) is 0. The molecule has 1 unspecified atom stereocenters. The van der Waals surface area contributed by atoms with Crippen molar-refractivity contribution in [3.05, 3.63) is 51.5 Å². The van der Waals surface area contributed by atoms with E-state index >= 15 is 0 Å². The highest BCUT2D eigenvalue weighted by atomic mass is 32.1. The van der Waals surface area contributed by atoms with Crippen LogP contribution in [-0.2, 0) is 0 Å². The van der Waals surface area contributed by atoms with Gasteiger partial charge in [-0.1, -0.05) is 13.0 Å². The molecule has 0 amide bonds. The highest BCUT2D eigenvalue weighted by Crippen LogP contribution is 2.31. The van der Waals surface area contributed by atoms with E-state index in [-0.39, 0.29) is 5.56 Å². The topological polar surface area (TPSA) is 24.9 Å². The molecule has 0 saturated heterocycles. The third-order valence-corrected chi connectivity index (χ3v) is 3.74. The number of aryl methyl sites for hydroxylation is 1. The molecule has 0 aliphatic rings. The Bertz CT molecular complexity index is 519. The van der Waals surface area contributed by atoms with Crippen LogP contribution in [0.4, 0.5) is 8.78 Å².